The molecule has 0 saturated heterocycles. The average Bonchev–Trinajstić information content (AvgIpc) is 2.76. The third-order valence-corrected chi connectivity index (χ3v) is 2.78. The Kier molecular flexibility index (Phi) is 2.26. The molecule has 3 aromatic rings. The molecule has 2 aromatic heterocycles. The van der Waals surface area contributed by atoms with Gasteiger partial charge in [-0.1, -0.05) is 30.3 Å². The standard InChI is InChI=1S/C13H12N4/c14-12-11-6-7-17(13(11)16-9-15-12)8-10-4-2-1-3-5-10/h1-7,9H,8H2,(H2,14,15,16). The van der Waals surface area contributed by atoms with E-state index in [1.807, 2.05) is 30.5 Å². The number of nitrogen functional groups attached to an aromatic ring is 1. The molecule has 1 aromatic carbocycles. The van der Waals surface area contributed by atoms with Gasteiger partial charge < -0.3 is 10.3 Å². The number of rotatable bonds is 2. The molecule has 0 saturated carbocycles. The van der Waals surface area contributed by atoms with Gasteiger partial charge in [-0.2, -0.15) is 0 Å². The van der Waals surface area contributed by atoms with Crippen molar-refractivity contribution in [2.24, 2.45) is 0 Å². The first kappa shape index (κ1) is 9.84. The lowest BCUT2D eigenvalue weighted by Crippen LogP contribution is -2.00. The van der Waals surface area contributed by atoms with Crippen molar-refractivity contribution in [2.45, 2.75) is 6.54 Å². The molecule has 3 rings (SSSR count). The number of nitrogens with two attached hydrogens (primary N) is 1. The van der Waals surface area contributed by atoms with Crippen LogP contribution in [-0.2, 0) is 6.54 Å². The molecule has 2 N–H and O–H groups in total. The monoisotopic (exact) mass is 224 g/mol. The van der Waals surface area contributed by atoms with Gasteiger partial charge in [0, 0.05) is 12.7 Å². The van der Waals surface area contributed by atoms with Crippen molar-refractivity contribution in [3.63, 3.8) is 0 Å². The van der Waals surface area contributed by atoms with Crippen molar-refractivity contribution in [3.8, 4) is 0 Å². The van der Waals surface area contributed by atoms with Crippen molar-refractivity contribution >= 4 is 16.9 Å². The summed E-state index contributed by atoms with van der Waals surface area (Å²) in [5, 5.41) is 0.906. The Morgan fingerprint density at radius 3 is 2.71 bits per heavy atom. The van der Waals surface area contributed by atoms with Crippen molar-refractivity contribution in [2.75, 3.05) is 5.73 Å². The van der Waals surface area contributed by atoms with E-state index in [0.29, 0.717) is 5.82 Å². The molecule has 17 heavy (non-hydrogen) atoms. The van der Waals surface area contributed by atoms with Crippen LogP contribution in [0.15, 0.2) is 48.9 Å². The SMILES string of the molecule is Nc1ncnc2c1ccn2Cc1ccccc1. The molecule has 0 aliphatic rings. The maximum atomic E-state index is 5.80. The highest BCUT2D eigenvalue weighted by atomic mass is 15.1. The Balaban J connectivity index is 2.05. The first-order valence-electron chi connectivity index (χ1n) is 5.44. The zero-order chi connectivity index (χ0) is 11.7. The molecule has 0 aliphatic heterocycles. The summed E-state index contributed by atoms with van der Waals surface area (Å²) in [7, 11) is 0. The zero-order valence-electron chi connectivity index (χ0n) is 9.24. The smallest absolute Gasteiger partial charge is 0.145 e. The largest absolute Gasteiger partial charge is 0.383 e. The van der Waals surface area contributed by atoms with Crippen LogP contribution >= 0.6 is 0 Å². The minimum Gasteiger partial charge on any atom is -0.383 e. The minimum atomic E-state index is 0.529. The molecule has 84 valence electrons. The summed E-state index contributed by atoms with van der Waals surface area (Å²) in [6.45, 7) is 0.792. The number of nitrogens with zero attached hydrogens (tertiary/aromatic N) is 3. The summed E-state index contributed by atoms with van der Waals surface area (Å²) in [5.74, 6) is 0.529. The van der Waals surface area contributed by atoms with Gasteiger partial charge in [-0.25, -0.2) is 9.97 Å². The molecule has 0 amide bonds. The summed E-state index contributed by atoms with van der Waals surface area (Å²) in [5.41, 5.74) is 7.91. The first-order chi connectivity index (χ1) is 8.34. The van der Waals surface area contributed by atoms with E-state index >= 15 is 0 Å². The van der Waals surface area contributed by atoms with E-state index < -0.39 is 0 Å². The molecule has 0 atom stereocenters. The number of hydrogen-bond donors (Lipinski definition) is 1. The predicted molar refractivity (Wildman–Crippen MR) is 67.5 cm³/mol. The highest BCUT2D eigenvalue weighted by molar-refractivity contribution is 5.85. The molecule has 4 heteroatoms. The summed E-state index contributed by atoms with van der Waals surface area (Å²) in [6, 6.07) is 12.2. The van der Waals surface area contributed by atoms with E-state index in [0.717, 1.165) is 17.6 Å². The van der Waals surface area contributed by atoms with Crippen LogP contribution < -0.4 is 5.73 Å². The summed E-state index contributed by atoms with van der Waals surface area (Å²) >= 11 is 0. The quantitative estimate of drug-likeness (QED) is 0.724. The Morgan fingerprint density at radius 1 is 1.06 bits per heavy atom. The Bertz CT molecular complexity index is 643. The Hall–Kier alpha value is -2.36. The Morgan fingerprint density at radius 2 is 1.88 bits per heavy atom. The third kappa shape index (κ3) is 1.73. The highest BCUT2D eigenvalue weighted by Crippen LogP contribution is 2.18. The number of aromatic nitrogens is 3. The second-order valence-corrected chi connectivity index (χ2v) is 3.93. The maximum absolute atomic E-state index is 5.80. The van der Waals surface area contributed by atoms with E-state index in [2.05, 4.69) is 26.7 Å². The topological polar surface area (TPSA) is 56.7 Å². The molecule has 0 aliphatic carbocycles. The van der Waals surface area contributed by atoms with Crippen LogP contribution in [0, 0.1) is 0 Å². The van der Waals surface area contributed by atoms with E-state index in [1.165, 1.54) is 11.9 Å². The van der Waals surface area contributed by atoms with Crippen LogP contribution in [0.3, 0.4) is 0 Å². The zero-order valence-corrected chi connectivity index (χ0v) is 9.24. The molecular weight excluding hydrogens is 212 g/mol. The molecule has 4 nitrogen and oxygen atoms in total. The normalized spacial score (nSPS) is 10.8. The average molecular weight is 224 g/mol. The lowest BCUT2D eigenvalue weighted by molar-refractivity contribution is 0.824. The predicted octanol–water partition coefficient (Wildman–Crippen LogP) is 2.06. The Labute approximate surface area is 98.7 Å². The van der Waals surface area contributed by atoms with Gasteiger partial charge >= 0.3 is 0 Å². The van der Waals surface area contributed by atoms with E-state index in [1.54, 1.807) is 0 Å². The second-order valence-electron chi connectivity index (χ2n) is 3.93. The summed E-state index contributed by atoms with van der Waals surface area (Å²) < 4.78 is 2.07. The van der Waals surface area contributed by atoms with Gasteiger partial charge in [0.2, 0.25) is 0 Å². The summed E-state index contributed by atoms with van der Waals surface area (Å²) in [4.78, 5) is 8.25. The molecular formula is C13H12N4. The third-order valence-electron chi connectivity index (χ3n) is 2.78. The van der Waals surface area contributed by atoms with E-state index in [4.69, 9.17) is 5.73 Å². The second kappa shape index (κ2) is 3.90. The number of benzene rings is 1. The van der Waals surface area contributed by atoms with Gasteiger partial charge in [0.15, 0.2) is 0 Å². The van der Waals surface area contributed by atoms with Crippen molar-refractivity contribution in [1.82, 2.24) is 14.5 Å². The number of anilines is 1. The van der Waals surface area contributed by atoms with Crippen LogP contribution in [0.5, 0.6) is 0 Å². The molecule has 0 radical (unpaired) electrons. The lowest BCUT2D eigenvalue weighted by atomic mass is 10.2. The van der Waals surface area contributed by atoms with E-state index in [9.17, 15) is 0 Å². The van der Waals surface area contributed by atoms with Gasteiger partial charge in [-0.3, -0.25) is 0 Å². The fourth-order valence-corrected chi connectivity index (χ4v) is 1.93. The minimum absolute atomic E-state index is 0.529. The lowest BCUT2D eigenvalue weighted by Gasteiger charge is -2.04. The fraction of sp³-hybridized carbons (Fsp3) is 0.0769. The van der Waals surface area contributed by atoms with Crippen molar-refractivity contribution in [3.05, 3.63) is 54.5 Å². The first-order valence-corrected chi connectivity index (χ1v) is 5.44. The van der Waals surface area contributed by atoms with Gasteiger partial charge in [0.05, 0.1) is 5.39 Å². The van der Waals surface area contributed by atoms with Gasteiger partial charge in [0.25, 0.3) is 0 Å². The van der Waals surface area contributed by atoms with Crippen molar-refractivity contribution < 1.29 is 0 Å². The van der Waals surface area contributed by atoms with Crippen LogP contribution in [-0.4, -0.2) is 14.5 Å². The van der Waals surface area contributed by atoms with Crippen molar-refractivity contribution in [1.29, 1.82) is 0 Å². The molecule has 0 unspecified atom stereocenters. The van der Waals surface area contributed by atoms with Crippen LogP contribution in [0.1, 0.15) is 5.56 Å². The highest BCUT2D eigenvalue weighted by Gasteiger charge is 2.05. The molecule has 2 heterocycles. The van der Waals surface area contributed by atoms with E-state index in [-0.39, 0.29) is 0 Å². The van der Waals surface area contributed by atoms with Gasteiger partial charge in [0.1, 0.15) is 17.8 Å². The molecule has 0 bridgehead atoms. The number of fused-ring (bicyclic) bond motifs is 1. The van der Waals surface area contributed by atoms with Gasteiger partial charge in [-0.05, 0) is 11.6 Å². The number of hydrogen-bond acceptors (Lipinski definition) is 3. The fourth-order valence-electron chi connectivity index (χ4n) is 1.93. The molecule has 0 fully saturated rings. The van der Waals surface area contributed by atoms with Crippen LogP contribution in [0.25, 0.3) is 11.0 Å². The summed E-state index contributed by atoms with van der Waals surface area (Å²) in [6.07, 6.45) is 3.49. The van der Waals surface area contributed by atoms with Gasteiger partial charge in [-0.15, -0.1) is 0 Å². The molecule has 0 spiro atoms. The van der Waals surface area contributed by atoms with Crippen LogP contribution in [0.2, 0.25) is 0 Å². The van der Waals surface area contributed by atoms with Crippen LogP contribution in [0.4, 0.5) is 5.82 Å². The maximum Gasteiger partial charge on any atom is 0.145 e.